The number of hydrogen-bond acceptors (Lipinski definition) is 3. The van der Waals surface area contributed by atoms with Crippen molar-refractivity contribution in [1.82, 2.24) is 10.2 Å². The van der Waals surface area contributed by atoms with Crippen LogP contribution in [0.4, 0.5) is 4.79 Å². The Labute approximate surface area is 101 Å². The molecule has 96 valence electrons. The Morgan fingerprint density at radius 2 is 2.18 bits per heavy atom. The summed E-state index contributed by atoms with van der Waals surface area (Å²) in [7, 11) is 0. The van der Waals surface area contributed by atoms with Gasteiger partial charge in [-0.25, -0.2) is 4.79 Å². The SMILES string of the molecule is CC(C)(C)OC(=O)N1CC[C@H]2CNC(=O)[C@H]2C1. The van der Waals surface area contributed by atoms with E-state index in [2.05, 4.69) is 5.32 Å². The Hall–Kier alpha value is -1.26. The highest BCUT2D eigenvalue weighted by Crippen LogP contribution is 2.28. The lowest BCUT2D eigenvalue weighted by molar-refractivity contribution is -0.124. The summed E-state index contributed by atoms with van der Waals surface area (Å²) in [6.45, 7) is 7.47. The highest BCUT2D eigenvalue weighted by atomic mass is 16.6. The van der Waals surface area contributed by atoms with E-state index in [0.717, 1.165) is 13.0 Å². The Balaban J connectivity index is 1.95. The summed E-state index contributed by atoms with van der Waals surface area (Å²) in [4.78, 5) is 25.1. The van der Waals surface area contributed by atoms with Crippen molar-refractivity contribution in [3.05, 3.63) is 0 Å². The molecule has 0 aromatic rings. The molecule has 2 rings (SSSR count). The fourth-order valence-electron chi connectivity index (χ4n) is 2.40. The number of amides is 2. The van der Waals surface area contributed by atoms with Crippen molar-refractivity contribution in [2.75, 3.05) is 19.6 Å². The maximum Gasteiger partial charge on any atom is 0.410 e. The summed E-state index contributed by atoms with van der Waals surface area (Å²) in [5.74, 6) is 0.417. The Kier molecular flexibility index (Phi) is 3.02. The maximum absolute atomic E-state index is 11.9. The molecule has 0 aromatic heterocycles. The van der Waals surface area contributed by atoms with Gasteiger partial charge in [-0.2, -0.15) is 0 Å². The zero-order chi connectivity index (χ0) is 12.6. The Bertz CT molecular complexity index is 335. The van der Waals surface area contributed by atoms with Crippen LogP contribution in [0.3, 0.4) is 0 Å². The number of ether oxygens (including phenoxy) is 1. The summed E-state index contributed by atoms with van der Waals surface area (Å²) in [6, 6.07) is 0. The highest BCUT2D eigenvalue weighted by Gasteiger charge is 2.41. The van der Waals surface area contributed by atoms with Gasteiger partial charge in [-0.3, -0.25) is 4.79 Å². The standard InChI is InChI=1S/C12H20N2O3/c1-12(2,3)17-11(16)14-5-4-8-6-13-10(15)9(8)7-14/h8-9H,4-7H2,1-3H3,(H,13,15)/t8-,9-/m0/s1. The summed E-state index contributed by atoms with van der Waals surface area (Å²) in [6.07, 6.45) is 0.568. The van der Waals surface area contributed by atoms with Gasteiger partial charge in [0.05, 0.1) is 5.92 Å². The predicted molar refractivity (Wildman–Crippen MR) is 62.4 cm³/mol. The third kappa shape index (κ3) is 2.70. The number of nitrogens with one attached hydrogen (secondary N) is 1. The fourth-order valence-corrected chi connectivity index (χ4v) is 2.40. The second-order valence-electron chi connectivity index (χ2n) is 5.83. The van der Waals surface area contributed by atoms with Gasteiger partial charge < -0.3 is 15.0 Å². The lowest BCUT2D eigenvalue weighted by atomic mass is 9.88. The topological polar surface area (TPSA) is 58.6 Å². The average molecular weight is 240 g/mol. The summed E-state index contributed by atoms with van der Waals surface area (Å²) in [5, 5.41) is 2.85. The molecule has 0 unspecified atom stereocenters. The maximum atomic E-state index is 11.9. The molecule has 0 bridgehead atoms. The van der Waals surface area contributed by atoms with Gasteiger partial charge in [0.15, 0.2) is 0 Å². The van der Waals surface area contributed by atoms with Gasteiger partial charge in [0, 0.05) is 19.6 Å². The zero-order valence-corrected chi connectivity index (χ0v) is 10.7. The number of nitrogens with zero attached hydrogens (tertiary/aromatic N) is 1. The van der Waals surface area contributed by atoms with Crippen molar-refractivity contribution >= 4 is 12.0 Å². The highest BCUT2D eigenvalue weighted by molar-refractivity contribution is 5.82. The molecular formula is C12H20N2O3. The third-order valence-corrected chi connectivity index (χ3v) is 3.28. The summed E-state index contributed by atoms with van der Waals surface area (Å²) >= 11 is 0. The molecule has 0 spiro atoms. The number of carbonyl (C=O) groups excluding carboxylic acids is 2. The molecule has 0 aliphatic carbocycles. The largest absolute Gasteiger partial charge is 0.444 e. The molecule has 5 nitrogen and oxygen atoms in total. The number of hydrogen-bond donors (Lipinski definition) is 1. The van der Waals surface area contributed by atoms with Crippen molar-refractivity contribution in [2.45, 2.75) is 32.8 Å². The minimum atomic E-state index is -0.480. The van der Waals surface area contributed by atoms with E-state index in [4.69, 9.17) is 4.74 Å². The van der Waals surface area contributed by atoms with Crippen LogP contribution in [0.25, 0.3) is 0 Å². The first-order valence-electron chi connectivity index (χ1n) is 6.12. The molecule has 17 heavy (non-hydrogen) atoms. The van der Waals surface area contributed by atoms with E-state index < -0.39 is 5.60 Å². The van der Waals surface area contributed by atoms with Crippen molar-refractivity contribution in [2.24, 2.45) is 11.8 Å². The number of piperidine rings is 1. The molecule has 1 N–H and O–H groups in total. The molecule has 2 aliphatic rings. The van der Waals surface area contributed by atoms with Crippen LogP contribution in [-0.2, 0) is 9.53 Å². The molecule has 2 aliphatic heterocycles. The van der Waals surface area contributed by atoms with Gasteiger partial charge in [-0.1, -0.05) is 0 Å². The Morgan fingerprint density at radius 1 is 1.47 bits per heavy atom. The fraction of sp³-hybridized carbons (Fsp3) is 0.833. The first-order valence-corrected chi connectivity index (χ1v) is 6.12. The first kappa shape index (κ1) is 12.2. The summed E-state index contributed by atoms with van der Waals surface area (Å²) < 4.78 is 5.32. The van der Waals surface area contributed by atoms with Gasteiger partial charge in [0.2, 0.25) is 5.91 Å². The van der Waals surface area contributed by atoms with Gasteiger partial charge in [0.1, 0.15) is 5.60 Å². The molecule has 0 aromatic carbocycles. The molecule has 0 saturated carbocycles. The third-order valence-electron chi connectivity index (χ3n) is 3.28. The van der Waals surface area contributed by atoms with Gasteiger partial charge >= 0.3 is 6.09 Å². The van der Waals surface area contributed by atoms with Crippen molar-refractivity contribution in [3.63, 3.8) is 0 Å². The van der Waals surface area contributed by atoms with Crippen molar-refractivity contribution in [3.8, 4) is 0 Å². The smallest absolute Gasteiger partial charge is 0.410 e. The Morgan fingerprint density at radius 3 is 2.82 bits per heavy atom. The zero-order valence-electron chi connectivity index (χ0n) is 10.7. The minimum absolute atomic E-state index is 0.0451. The van der Waals surface area contributed by atoms with Gasteiger partial charge in [0.25, 0.3) is 0 Å². The van der Waals surface area contributed by atoms with E-state index in [1.165, 1.54) is 0 Å². The molecule has 2 amide bonds. The number of likely N-dealkylation sites (tertiary alicyclic amines) is 1. The second-order valence-corrected chi connectivity index (χ2v) is 5.83. The van der Waals surface area contributed by atoms with Crippen LogP contribution in [0.15, 0.2) is 0 Å². The van der Waals surface area contributed by atoms with E-state index in [0.29, 0.717) is 19.0 Å². The lowest BCUT2D eigenvalue weighted by Gasteiger charge is -2.34. The molecule has 2 heterocycles. The number of carbonyl (C=O) groups is 2. The normalized spacial score (nSPS) is 28.6. The average Bonchev–Trinajstić information content (AvgIpc) is 2.57. The molecular weight excluding hydrogens is 220 g/mol. The second kappa shape index (κ2) is 4.20. The van der Waals surface area contributed by atoms with E-state index in [1.807, 2.05) is 20.8 Å². The number of fused-ring (bicyclic) bond motifs is 1. The van der Waals surface area contributed by atoms with Crippen LogP contribution < -0.4 is 5.32 Å². The monoisotopic (exact) mass is 240 g/mol. The quantitative estimate of drug-likeness (QED) is 0.687. The molecule has 2 atom stereocenters. The van der Waals surface area contributed by atoms with Crippen LogP contribution >= 0.6 is 0 Å². The van der Waals surface area contributed by atoms with Crippen LogP contribution in [-0.4, -0.2) is 42.1 Å². The van der Waals surface area contributed by atoms with E-state index in [-0.39, 0.29) is 17.9 Å². The lowest BCUT2D eigenvalue weighted by Crippen LogP contribution is -2.46. The van der Waals surface area contributed by atoms with E-state index in [1.54, 1.807) is 4.90 Å². The molecule has 2 saturated heterocycles. The molecule has 2 fully saturated rings. The van der Waals surface area contributed by atoms with Crippen LogP contribution in [0, 0.1) is 11.8 Å². The predicted octanol–water partition coefficient (Wildman–Crippen LogP) is 0.989. The van der Waals surface area contributed by atoms with Gasteiger partial charge in [-0.05, 0) is 33.1 Å². The van der Waals surface area contributed by atoms with Gasteiger partial charge in [-0.15, -0.1) is 0 Å². The first-order chi connectivity index (χ1) is 7.87. The minimum Gasteiger partial charge on any atom is -0.444 e. The van der Waals surface area contributed by atoms with Crippen molar-refractivity contribution in [1.29, 1.82) is 0 Å². The van der Waals surface area contributed by atoms with Crippen LogP contribution in [0.1, 0.15) is 27.2 Å². The number of rotatable bonds is 0. The summed E-state index contributed by atoms with van der Waals surface area (Å²) in [5.41, 5.74) is -0.480. The van der Waals surface area contributed by atoms with Crippen LogP contribution in [0.5, 0.6) is 0 Å². The molecule has 0 radical (unpaired) electrons. The van der Waals surface area contributed by atoms with E-state index in [9.17, 15) is 9.59 Å². The van der Waals surface area contributed by atoms with E-state index >= 15 is 0 Å². The molecule has 5 heteroatoms. The van der Waals surface area contributed by atoms with Crippen LogP contribution in [0.2, 0.25) is 0 Å². The van der Waals surface area contributed by atoms with Crippen molar-refractivity contribution < 1.29 is 14.3 Å².